The van der Waals surface area contributed by atoms with Crippen LogP contribution in [-0.2, 0) is 13.1 Å². The monoisotopic (exact) mass is 342 g/mol. The van der Waals surface area contributed by atoms with Crippen LogP contribution in [0.15, 0.2) is 27.5 Å². The molecule has 0 atom stereocenters. The molecular formula is C13H15BrN2O2S. The number of hydrogen-bond donors (Lipinski definition) is 1. The molecule has 0 fully saturated rings. The second kappa shape index (κ2) is 6.88. The molecule has 19 heavy (non-hydrogen) atoms. The van der Waals surface area contributed by atoms with Crippen molar-refractivity contribution in [1.29, 1.82) is 0 Å². The van der Waals surface area contributed by atoms with Gasteiger partial charge in [0.05, 0.1) is 29.9 Å². The van der Waals surface area contributed by atoms with Gasteiger partial charge in [-0.05, 0) is 33.6 Å². The number of methoxy groups -OCH3 is 2. The van der Waals surface area contributed by atoms with Crippen LogP contribution in [0.1, 0.15) is 11.3 Å². The van der Waals surface area contributed by atoms with Gasteiger partial charge in [-0.2, -0.15) is 0 Å². The Morgan fingerprint density at radius 2 is 2.11 bits per heavy atom. The maximum atomic E-state index is 5.32. The number of halogens is 1. The molecule has 2 aromatic rings. The molecule has 0 unspecified atom stereocenters. The highest BCUT2D eigenvalue weighted by Gasteiger charge is 2.10. The van der Waals surface area contributed by atoms with E-state index in [0.29, 0.717) is 5.75 Å². The Balaban J connectivity index is 2.02. The highest BCUT2D eigenvalue weighted by atomic mass is 79.9. The first kappa shape index (κ1) is 14.3. The van der Waals surface area contributed by atoms with Crippen LogP contribution < -0.4 is 14.8 Å². The van der Waals surface area contributed by atoms with Crippen molar-refractivity contribution >= 4 is 27.3 Å². The van der Waals surface area contributed by atoms with E-state index in [1.807, 2.05) is 23.0 Å². The molecule has 0 radical (unpaired) electrons. The van der Waals surface area contributed by atoms with Gasteiger partial charge in [0.1, 0.15) is 0 Å². The molecule has 0 aliphatic heterocycles. The summed E-state index contributed by atoms with van der Waals surface area (Å²) in [6, 6.07) is 3.99. The van der Waals surface area contributed by atoms with E-state index < -0.39 is 0 Å². The lowest BCUT2D eigenvalue weighted by molar-refractivity contribution is 0.352. The number of hydrogen-bond acceptors (Lipinski definition) is 5. The fraction of sp³-hybridized carbons (Fsp3) is 0.308. The van der Waals surface area contributed by atoms with Crippen molar-refractivity contribution in [2.75, 3.05) is 14.2 Å². The lowest BCUT2D eigenvalue weighted by Gasteiger charge is -2.12. The van der Waals surface area contributed by atoms with Crippen LogP contribution in [0.25, 0.3) is 0 Å². The van der Waals surface area contributed by atoms with Gasteiger partial charge < -0.3 is 14.8 Å². The number of aromatic nitrogens is 1. The van der Waals surface area contributed by atoms with Gasteiger partial charge in [-0.25, -0.2) is 4.98 Å². The average molecular weight is 343 g/mol. The molecule has 4 nitrogen and oxygen atoms in total. The Morgan fingerprint density at radius 1 is 1.26 bits per heavy atom. The maximum absolute atomic E-state index is 5.32. The van der Waals surface area contributed by atoms with Crippen molar-refractivity contribution in [3.8, 4) is 11.5 Å². The summed E-state index contributed by atoms with van der Waals surface area (Å²) in [5.74, 6) is 1.44. The first-order valence-corrected chi connectivity index (χ1v) is 7.46. The number of nitrogens with one attached hydrogen (secondary N) is 1. The van der Waals surface area contributed by atoms with Crippen LogP contribution in [0, 0.1) is 0 Å². The normalized spacial score (nSPS) is 10.5. The molecule has 0 aliphatic rings. The molecular weight excluding hydrogens is 328 g/mol. The number of benzene rings is 1. The topological polar surface area (TPSA) is 43.4 Å². The number of ether oxygens (including phenoxy) is 2. The van der Waals surface area contributed by atoms with Gasteiger partial charge in [-0.3, -0.25) is 0 Å². The largest absolute Gasteiger partial charge is 0.493 e. The van der Waals surface area contributed by atoms with Gasteiger partial charge in [0.25, 0.3) is 0 Å². The van der Waals surface area contributed by atoms with Crippen molar-refractivity contribution in [3.05, 3.63) is 38.8 Å². The van der Waals surface area contributed by atoms with Gasteiger partial charge in [0, 0.05) is 18.5 Å². The molecule has 102 valence electrons. The van der Waals surface area contributed by atoms with Crippen LogP contribution >= 0.6 is 27.3 Å². The van der Waals surface area contributed by atoms with Crippen LogP contribution in [0.2, 0.25) is 0 Å². The molecule has 1 aromatic carbocycles. The van der Waals surface area contributed by atoms with Crippen LogP contribution in [-0.4, -0.2) is 19.2 Å². The van der Waals surface area contributed by atoms with E-state index in [1.165, 1.54) is 0 Å². The number of nitrogens with zero attached hydrogens (tertiary/aromatic N) is 1. The summed E-state index contributed by atoms with van der Waals surface area (Å²) in [6.07, 6.45) is 0. The third-order valence-electron chi connectivity index (χ3n) is 2.61. The molecule has 0 saturated carbocycles. The zero-order valence-corrected chi connectivity index (χ0v) is 13.2. The Morgan fingerprint density at radius 3 is 2.74 bits per heavy atom. The first-order valence-electron chi connectivity index (χ1n) is 5.72. The van der Waals surface area contributed by atoms with Crippen molar-refractivity contribution < 1.29 is 9.47 Å². The standard InChI is InChI=1S/C13H15BrN2O2S/c1-17-12-4-9(3-11(14)13(12)18-2)5-15-6-10-7-19-8-16-10/h3-4,7-8,15H,5-6H2,1-2H3. The average Bonchev–Trinajstić information content (AvgIpc) is 2.91. The SMILES string of the molecule is COc1cc(CNCc2cscn2)cc(Br)c1OC. The van der Waals surface area contributed by atoms with E-state index in [4.69, 9.17) is 9.47 Å². The second-order valence-electron chi connectivity index (χ2n) is 3.90. The maximum Gasteiger partial charge on any atom is 0.174 e. The third-order valence-corrected chi connectivity index (χ3v) is 3.84. The molecule has 0 amide bonds. The summed E-state index contributed by atoms with van der Waals surface area (Å²) in [6.45, 7) is 1.51. The molecule has 0 saturated heterocycles. The summed E-state index contributed by atoms with van der Waals surface area (Å²) in [4.78, 5) is 4.23. The number of thiazole rings is 1. The van der Waals surface area contributed by atoms with Gasteiger partial charge in [-0.1, -0.05) is 0 Å². The molecule has 0 aliphatic carbocycles. The Kier molecular flexibility index (Phi) is 5.18. The van der Waals surface area contributed by atoms with Crippen LogP contribution in [0.4, 0.5) is 0 Å². The summed E-state index contributed by atoms with van der Waals surface area (Å²) in [5.41, 5.74) is 4.02. The molecule has 1 heterocycles. The molecule has 0 bridgehead atoms. The van der Waals surface area contributed by atoms with Crippen molar-refractivity contribution in [2.24, 2.45) is 0 Å². The smallest absolute Gasteiger partial charge is 0.174 e. The summed E-state index contributed by atoms with van der Waals surface area (Å²) < 4.78 is 11.5. The first-order chi connectivity index (χ1) is 9.24. The zero-order chi connectivity index (χ0) is 13.7. The lowest BCUT2D eigenvalue weighted by Crippen LogP contribution is -2.13. The van der Waals surface area contributed by atoms with Gasteiger partial charge in [-0.15, -0.1) is 11.3 Å². The highest BCUT2D eigenvalue weighted by molar-refractivity contribution is 9.10. The fourth-order valence-corrected chi connectivity index (χ4v) is 2.94. The minimum atomic E-state index is 0.714. The van der Waals surface area contributed by atoms with E-state index in [-0.39, 0.29) is 0 Å². The molecule has 0 spiro atoms. The summed E-state index contributed by atoms with van der Waals surface area (Å²) in [7, 11) is 3.26. The second-order valence-corrected chi connectivity index (χ2v) is 5.47. The minimum absolute atomic E-state index is 0.714. The Labute approximate surface area is 124 Å². The van der Waals surface area contributed by atoms with Crippen molar-refractivity contribution in [2.45, 2.75) is 13.1 Å². The molecule has 1 aromatic heterocycles. The Hall–Kier alpha value is -1.11. The van der Waals surface area contributed by atoms with Crippen molar-refractivity contribution in [3.63, 3.8) is 0 Å². The van der Waals surface area contributed by atoms with E-state index >= 15 is 0 Å². The fourth-order valence-electron chi connectivity index (χ4n) is 1.73. The predicted octanol–water partition coefficient (Wildman–Crippen LogP) is 3.21. The van der Waals surface area contributed by atoms with Crippen LogP contribution in [0.3, 0.4) is 0 Å². The van der Waals surface area contributed by atoms with E-state index in [0.717, 1.165) is 34.6 Å². The van der Waals surface area contributed by atoms with Gasteiger partial charge >= 0.3 is 0 Å². The van der Waals surface area contributed by atoms with Crippen LogP contribution in [0.5, 0.6) is 11.5 Å². The molecule has 1 N–H and O–H groups in total. The molecule has 6 heteroatoms. The van der Waals surface area contributed by atoms with Crippen molar-refractivity contribution in [1.82, 2.24) is 10.3 Å². The highest BCUT2D eigenvalue weighted by Crippen LogP contribution is 2.36. The summed E-state index contributed by atoms with van der Waals surface area (Å²) >= 11 is 5.09. The summed E-state index contributed by atoms with van der Waals surface area (Å²) in [5, 5.41) is 5.39. The number of rotatable bonds is 6. The minimum Gasteiger partial charge on any atom is -0.493 e. The quantitative estimate of drug-likeness (QED) is 0.875. The van der Waals surface area contributed by atoms with E-state index in [9.17, 15) is 0 Å². The third kappa shape index (κ3) is 3.68. The van der Waals surface area contributed by atoms with E-state index in [1.54, 1.807) is 25.6 Å². The molecule has 2 rings (SSSR count). The Bertz CT molecular complexity index is 532. The van der Waals surface area contributed by atoms with Gasteiger partial charge in [0.2, 0.25) is 0 Å². The zero-order valence-electron chi connectivity index (χ0n) is 10.8. The lowest BCUT2D eigenvalue weighted by atomic mass is 10.2. The van der Waals surface area contributed by atoms with E-state index in [2.05, 4.69) is 26.2 Å². The predicted molar refractivity (Wildman–Crippen MR) is 79.9 cm³/mol. The van der Waals surface area contributed by atoms with Gasteiger partial charge in [0.15, 0.2) is 11.5 Å².